The van der Waals surface area contributed by atoms with E-state index in [4.69, 9.17) is 17.3 Å². The highest BCUT2D eigenvalue weighted by Crippen LogP contribution is 2.37. The highest BCUT2D eigenvalue weighted by molar-refractivity contribution is 6.33. The fraction of sp³-hybridized carbons (Fsp3) is 0.385. The summed E-state index contributed by atoms with van der Waals surface area (Å²) in [6.45, 7) is 6.02. The summed E-state index contributed by atoms with van der Waals surface area (Å²) in [6, 6.07) is 4.52. The van der Waals surface area contributed by atoms with Gasteiger partial charge in [-0.3, -0.25) is 10.1 Å². The van der Waals surface area contributed by atoms with E-state index in [1.165, 1.54) is 12.1 Å². The summed E-state index contributed by atoms with van der Waals surface area (Å²) in [7, 11) is 0. The number of hydrogen-bond donors (Lipinski definition) is 1. The van der Waals surface area contributed by atoms with Gasteiger partial charge in [-0.1, -0.05) is 17.7 Å². The van der Waals surface area contributed by atoms with Gasteiger partial charge in [-0.2, -0.15) is 0 Å². The van der Waals surface area contributed by atoms with E-state index in [1.807, 2.05) is 20.8 Å². The average molecular weight is 310 g/mol. The average Bonchev–Trinajstić information content (AvgIpc) is 2.81. The van der Waals surface area contributed by atoms with E-state index in [1.54, 1.807) is 10.6 Å². The first-order valence-corrected chi connectivity index (χ1v) is 6.73. The van der Waals surface area contributed by atoms with Gasteiger partial charge in [0.15, 0.2) is 5.82 Å². The third-order valence-electron chi connectivity index (χ3n) is 3.00. The van der Waals surface area contributed by atoms with Crippen molar-refractivity contribution in [3.8, 4) is 11.4 Å². The van der Waals surface area contributed by atoms with Gasteiger partial charge < -0.3 is 10.3 Å². The molecule has 2 N–H and O–H groups in total. The van der Waals surface area contributed by atoms with E-state index in [2.05, 4.69) is 10.2 Å². The molecule has 2 aromatic rings. The molecule has 0 amide bonds. The Hall–Kier alpha value is -1.99. The predicted molar refractivity (Wildman–Crippen MR) is 80.0 cm³/mol. The molecule has 7 nitrogen and oxygen atoms in total. The topological polar surface area (TPSA) is 99.9 Å². The molecule has 0 radical (unpaired) electrons. The second-order valence-corrected chi connectivity index (χ2v) is 5.95. The molecule has 0 unspecified atom stereocenters. The lowest BCUT2D eigenvalue weighted by atomic mass is 10.1. The second kappa shape index (κ2) is 5.42. The highest BCUT2D eigenvalue weighted by Gasteiger charge is 2.29. The summed E-state index contributed by atoms with van der Waals surface area (Å²) in [5.41, 5.74) is 5.44. The Balaban J connectivity index is 2.80. The zero-order valence-corrected chi connectivity index (χ0v) is 12.8. The van der Waals surface area contributed by atoms with E-state index in [0.717, 1.165) is 0 Å². The molecule has 1 aromatic heterocycles. The van der Waals surface area contributed by atoms with Crippen LogP contribution in [0.2, 0.25) is 5.02 Å². The fourth-order valence-electron chi connectivity index (χ4n) is 2.20. The van der Waals surface area contributed by atoms with Crippen LogP contribution in [0.3, 0.4) is 0 Å². The number of aromatic nitrogens is 3. The van der Waals surface area contributed by atoms with E-state index in [9.17, 15) is 10.1 Å². The summed E-state index contributed by atoms with van der Waals surface area (Å²) in [6.07, 6.45) is 0. The van der Waals surface area contributed by atoms with Gasteiger partial charge in [0.2, 0.25) is 0 Å². The molecule has 0 bridgehead atoms. The molecule has 21 heavy (non-hydrogen) atoms. The highest BCUT2D eigenvalue weighted by atomic mass is 35.5. The molecule has 0 aliphatic carbocycles. The Labute approximate surface area is 126 Å². The Kier molecular flexibility index (Phi) is 3.97. The largest absolute Gasteiger partial charge is 0.324 e. The third-order valence-corrected chi connectivity index (χ3v) is 3.31. The molecule has 112 valence electrons. The lowest BCUT2D eigenvalue weighted by Crippen LogP contribution is -2.26. The summed E-state index contributed by atoms with van der Waals surface area (Å²) in [5, 5.41) is 19.6. The molecule has 0 saturated heterocycles. The quantitative estimate of drug-likeness (QED) is 0.694. The molecule has 0 saturated carbocycles. The number of hydrogen-bond acceptors (Lipinski definition) is 5. The van der Waals surface area contributed by atoms with Gasteiger partial charge in [0.05, 0.1) is 16.5 Å². The van der Waals surface area contributed by atoms with Crippen molar-refractivity contribution in [2.45, 2.75) is 32.9 Å². The molecule has 1 aromatic carbocycles. The van der Waals surface area contributed by atoms with Gasteiger partial charge in [0.1, 0.15) is 11.4 Å². The van der Waals surface area contributed by atoms with Crippen molar-refractivity contribution >= 4 is 17.3 Å². The molecular weight excluding hydrogens is 294 g/mol. The number of halogens is 1. The van der Waals surface area contributed by atoms with Crippen molar-refractivity contribution in [2.75, 3.05) is 0 Å². The van der Waals surface area contributed by atoms with Crippen molar-refractivity contribution in [1.29, 1.82) is 0 Å². The number of rotatable bonds is 3. The minimum Gasteiger partial charge on any atom is -0.324 e. The van der Waals surface area contributed by atoms with Crippen molar-refractivity contribution < 1.29 is 4.92 Å². The second-order valence-electron chi connectivity index (χ2n) is 5.54. The van der Waals surface area contributed by atoms with E-state index >= 15 is 0 Å². The summed E-state index contributed by atoms with van der Waals surface area (Å²) < 4.78 is 1.78. The van der Waals surface area contributed by atoms with Crippen molar-refractivity contribution in [3.05, 3.63) is 39.2 Å². The maximum Gasteiger partial charge on any atom is 0.281 e. The molecule has 0 atom stereocenters. The smallest absolute Gasteiger partial charge is 0.281 e. The van der Waals surface area contributed by atoms with Gasteiger partial charge in [0, 0.05) is 11.6 Å². The number of nitrogens with zero attached hydrogens (tertiary/aromatic N) is 4. The monoisotopic (exact) mass is 309 g/mol. The number of nitro benzene ring substituents is 1. The van der Waals surface area contributed by atoms with Crippen LogP contribution in [0.15, 0.2) is 18.2 Å². The third kappa shape index (κ3) is 2.74. The van der Waals surface area contributed by atoms with E-state index in [-0.39, 0.29) is 28.4 Å². The zero-order valence-electron chi connectivity index (χ0n) is 12.0. The Morgan fingerprint density at radius 1 is 1.38 bits per heavy atom. The molecule has 8 heteroatoms. The SMILES string of the molecule is CC(C)(C)n1c(CN)nnc1-c1c(Cl)cccc1[N+](=O)[O-]. The first kappa shape index (κ1) is 15.4. The molecule has 2 rings (SSSR count). The van der Waals surface area contributed by atoms with E-state index < -0.39 is 4.92 Å². The van der Waals surface area contributed by atoms with Crippen LogP contribution in [0.25, 0.3) is 11.4 Å². The molecular formula is C13H16ClN5O2. The Morgan fingerprint density at radius 2 is 2.05 bits per heavy atom. The van der Waals surface area contributed by atoms with Gasteiger partial charge >= 0.3 is 0 Å². The van der Waals surface area contributed by atoms with Crippen LogP contribution in [0.4, 0.5) is 5.69 Å². The van der Waals surface area contributed by atoms with Gasteiger partial charge in [-0.25, -0.2) is 0 Å². The fourth-order valence-corrected chi connectivity index (χ4v) is 2.46. The number of nitrogens with two attached hydrogens (primary N) is 1. The van der Waals surface area contributed by atoms with Crippen LogP contribution in [-0.2, 0) is 12.1 Å². The lowest BCUT2D eigenvalue weighted by Gasteiger charge is -2.24. The minimum absolute atomic E-state index is 0.107. The number of nitro groups is 1. The van der Waals surface area contributed by atoms with Crippen LogP contribution < -0.4 is 5.73 Å². The van der Waals surface area contributed by atoms with Crippen LogP contribution >= 0.6 is 11.6 Å². The first-order valence-electron chi connectivity index (χ1n) is 6.35. The lowest BCUT2D eigenvalue weighted by molar-refractivity contribution is -0.384. The minimum atomic E-state index is -0.481. The van der Waals surface area contributed by atoms with Crippen LogP contribution in [0.1, 0.15) is 26.6 Å². The van der Waals surface area contributed by atoms with Gasteiger partial charge in [-0.15, -0.1) is 10.2 Å². The maximum atomic E-state index is 11.2. The van der Waals surface area contributed by atoms with Crippen LogP contribution in [0, 0.1) is 10.1 Å². The van der Waals surface area contributed by atoms with Crippen LogP contribution in [0.5, 0.6) is 0 Å². The van der Waals surface area contributed by atoms with Crippen LogP contribution in [-0.4, -0.2) is 19.7 Å². The Morgan fingerprint density at radius 3 is 2.57 bits per heavy atom. The normalized spacial score (nSPS) is 11.7. The molecule has 0 aliphatic heterocycles. The maximum absolute atomic E-state index is 11.2. The molecule has 0 spiro atoms. The molecule has 0 fully saturated rings. The molecule has 0 aliphatic rings. The van der Waals surface area contributed by atoms with Gasteiger partial charge in [0.25, 0.3) is 5.69 Å². The van der Waals surface area contributed by atoms with Crippen molar-refractivity contribution in [1.82, 2.24) is 14.8 Å². The standard InChI is InChI=1S/C13H16ClN5O2/c1-13(2,3)18-10(7-15)16-17-12(18)11-8(14)5-4-6-9(11)19(20)21/h4-6H,7,15H2,1-3H3. The number of benzene rings is 1. The molecule has 1 heterocycles. The predicted octanol–water partition coefficient (Wildman–Crippen LogP) is 2.72. The van der Waals surface area contributed by atoms with Gasteiger partial charge in [-0.05, 0) is 26.8 Å². The van der Waals surface area contributed by atoms with Crippen molar-refractivity contribution in [2.24, 2.45) is 5.73 Å². The first-order chi connectivity index (χ1) is 9.77. The van der Waals surface area contributed by atoms with Crippen molar-refractivity contribution in [3.63, 3.8) is 0 Å². The Bertz CT molecular complexity index is 690. The zero-order chi connectivity index (χ0) is 15.8. The summed E-state index contributed by atoms with van der Waals surface area (Å²) in [5.74, 6) is 0.895. The van der Waals surface area contributed by atoms with E-state index in [0.29, 0.717) is 11.6 Å². The summed E-state index contributed by atoms with van der Waals surface area (Å²) >= 11 is 6.17. The summed E-state index contributed by atoms with van der Waals surface area (Å²) in [4.78, 5) is 10.8.